The van der Waals surface area contributed by atoms with Gasteiger partial charge in [0.15, 0.2) is 0 Å². The van der Waals surface area contributed by atoms with Crippen molar-refractivity contribution in [3.05, 3.63) is 83.9 Å². The number of H-pyrrole nitrogens is 1. The third kappa shape index (κ3) is 4.74. The Hall–Kier alpha value is -3.48. The van der Waals surface area contributed by atoms with Gasteiger partial charge in [0.1, 0.15) is 11.7 Å². The van der Waals surface area contributed by atoms with Gasteiger partial charge in [0, 0.05) is 39.1 Å². The Morgan fingerprint density at radius 3 is 1.80 bits per heavy atom. The van der Waals surface area contributed by atoms with Gasteiger partial charge in [0.2, 0.25) is 0 Å². The molecule has 0 atom stereocenters. The number of halogens is 2. The first-order valence-corrected chi connectivity index (χ1v) is 8.79. The Morgan fingerprint density at radius 1 is 0.700 bits per heavy atom. The number of amidine groups is 2. The molecule has 0 unspecified atom stereocenters. The fourth-order valence-electron chi connectivity index (χ4n) is 3.08. The molecule has 0 saturated carbocycles. The van der Waals surface area contributed by atoms with Gasteiger partial charge in [-0.2, -0.15) is 0 Å². The van der Waals surface area contributed by atoms with Gasteiger partial charge in [-0.25, -0.2) is 0 Å². The second kappa shape index (κ2) is 9.35. The average Bonchev–Trinajstić information content (AvgIpc) is 3.12. The van der Waals surface area contributed by atoms with Gasteiger partial charge in [-0.3, -0.25) is 10.8 Å². The first-order chi connectivity index (χ1) is 13.5. The molecule has 0 aliphatic heterocycles. The zero-order valence-electron chi connectivity index (χ0n) is 15.9. The van der Waals surface area contributed by atoms with Crippen LogP contribution in [0.15, 0.2) is 72.8 Å². The first kappa shape index (κ1) is 22.8. The van der Waals surface area contributed by atoms with Crippen LogP contribution in [0, 0.1) is 10.8 Å². The number of hydrogen-bond acceptors (Lipinski definition) is 3. The van der Waals surface area contributed by atoms with Crippen LogP contribution in [0.1, 0.15) is 11.1 Å². The number of aromatic amines is 1. The van der Waals surface area contributed by atoms with Crippen molar-refractivity contribution in [1.29, 1.82) is 10.8 Å². The molecule has 1 aromatic heterocycles. The van der Waals surface area contributed by atoms with Gasteiger partial charge < -0.3 is 21.8 Å². The normalized spacial score (nSPS) is 10.0. The van der Waals surface area contributed by atoms with Crippen LogP contribution in [-0.2, 0) is 0 Å². The van der Waals surface area contributed by atoms with Gasteiger partial charge in [-0.1, -0.05) is 24.3 Å². The molecule has 0 fully saturated rings. The van der Waals surface area contributed by atoms with E-state index in [0.29, 0.717) is 11.1 Å². The molecule has 8 heteroatoms. The predicted octanol–water partition coefficient (Wildman–Crippen LogP) is 4.99. The Kier molecular flexibility index (Phi) is 7.10. The molecule has 154 valence electrons. The van der Waals surface area contributed by atoms with Crippen LogP contribution < -0.4 is 16.8 Å². The second-order valence-corrected chi connectivity index (χ2v) is 6.59. The maximum absolute atomic E-state index is 7.57. The van der Waals surface area contributed by atoms with Gasteiger partial charge >= 0.3 is 0 Å². The van der Waals surface area contributed by atoms with Crippen LogP contribution >= 0.6 is 24.8 Å². The third-order valence-electron chi connectivity index (χ3n) is 4.61. The number of hydrogen-bond donors (Lipinski definition) is 6. The number of aromatic nitrogens is 1. The molecule has 0 radical (unpaired) electrons. The van der Waals surface area contributed by atoms with Crippen molar-refractivity contribution >= 4 is 58.8 Å². The largest absolute Gasteiger partial charge is 0.384 e. The van der Waals surface area contributed by atoms with E-state index in [2.05, 4.69) is 16.4 Å². The maximum Gasteiger partial charge on any atom is 0.122 e. The Morgan fingerprint density at radius 2 is 1.23 bits per heavy atom. The number of nitrogen functional groups attached to an aromatic ring is 2. The molecule has 0 spiro atoms. The number of rotatable bonds is 5. The molecule has 0 aliphatic carbocycles. The second-order valence-electron chi connectivity index (χ2n) is 6.59. The van der Waals surface area contributed by atoms with Crippen molar-refractivity contribution in [3.8, 4) is 11.3 Å². The van der Waals surface area contributed by atoms with E-state index in [0.717, 1.165) is 33.5 Å². The Bertz CT molecular complexity index is 1180. The molecule has 0 aliphatic rings. The van der Waals surface area contributed by atoms with Crippen molar-refractivity contribution < 1.29 is 0 Å². The highest BCUT2D eigenvalue weighted by Gasteiger charge is 2.06. The lowest BCUT2D eigenvalue weighted by molar-refractivity contribution is 1.41. The van der Waals surface area contributed by atoms with Gasteiger partial charge in [-0.15, -0.1) is 24.8 Å². The monoisotopic (exact) mass is 440 g/mol. The van der Waals surface area contributed by atoms with Gasteiger partial charge in [0.25, 0.3) is 0 Å². The molecular formula is C22H22Cl2N6. The van der Waals surface area contributed by atoms with Crippen molar-refractivity contribution in [2.24, 2.45) is 11.5 Å². The number of anilines is 2. The quantitative estimate of drug-likeness (QED) is 0.193. The van der Waals surface area contributed by atoms with E-state index >= 15 is 0 Å². The summed E-state index contributed by atoms with van der Waals surface area (Å²) in [5, 5.41) is 19.4. The van der Waals surface area contributed by atoms with E-state index in [4.69, 9.17) is 22.3 Å². The summed E-state index contributed by atoms with van der Waals surface area (Å²) < 4.78 is 0. The molecule has 0 amide bonds. The van der Waals surface area contributed by atoms with E-state index < -0.39 is 0 Å². The molecule has 6 nitrogen and oxygen atoms in total. The minimum absolute atomic E-state index is 0. The van der Waals surface area contributed by atoms with Crippen LogP contribution in [0.5, 0.6) is 0 Å². The van der Waals surface area contributed by atoms with Crippen molar-refractivity contribution in [2.75, 3.05) is 5.32 Å². The standard InChI is InChI=1S/C22H20N6.2ClH/c23-21(24)14-5-9-18(10-6-14)27-17-7-3-13(4-8-17)19-11-15-1-2-16(22(25)26)12-20(15)28-19;;/h1-12,27-28H,(H3,23,24)(H3,25,26);2*1H. The minimum Gasteiger partial charge on any atom is -0.384 e. The van der Waals surface area contributed by atoms with Crippen LogP contribution in [0.3, 0.4) is 0 Å². The van der Waals surface area contributed by atoms with E-state index in [1.807, 2.05) is 66.7 Å². The Labute approximate surface area is 186 Å². The lowest BCUT2D eigenvalue weighted by atomic mass is 10.1. The highest BCUT2D eigenvalue weighted by Crippen LogP contribution is 2.27. The number of benzene rings is 3. The molecular weight excluding hydrogens is 419 g/mol. The summed E-state index contributed by atoms with van der Waals surface area (Å²) in [7, 11) is 0. The lowest BCUT2D eigenvalue weighted by Gasteiger charge is -2.08. The highest BCUT2D eigenvalue weighted by molar-refractivity contribution is 5.99. The number of nitrogens with two attached hydrogens (primary N) is 2. The van der Waals surface area contributed by atoms with Gasteiger partial charge in [-0.05, 0) is 54.1 Å². The van der Waals surface area contributed by atoms with Crippen LogP contribution in [-0.4, -0.2) is 16.7 Å². The molecule has 3 aromatic carbocycles. The van der Waals surface area contributed by atoms with Crippen LogP contribution in [0.2, 0.25) is 0 Å². The molecule has 4 rings (SSSR count). The minimum atomic E-state index is 0. The zero-order chi connectivity index (χ0) is 19.7. The average molecular weight is 441 g/mol. The lowest BCUT2D eigenvalue weighted by Crippen LogP contribution is -2.10. The molecule has 0 saturated heterocycles. The summed E-state index contributed by atoms with van der Waals surface area (Å²) in [4.78, 5) is 3.39. The summed E-state index contributed by atoms with van der Waals surface area (Å²) in [6.07, 6.45) is 0. The highest BCUT2D eigenvalue weighted by atomic mass is 35.5. The predicted molar refractivity (Wildman–Crippen MR) is 130 cm³/mol. The fraction of sp³-hybridized carbons (Fsp3) is 0. The molecule has 8 N–H and O–H groups in total. The fourth-order valence-corrected chi connectivity index (χ4v) is 3.08. The van der Waals surface area contributed by atoms with Crippen LogP contribution in [0.4, 0.5) is 11.4 Å². The maximum atomic E-state index is 7.57. The SMILES string of the molecule is Cl.Cl.N=C(N)c1ccc(Nc2ccc(-c3cc4ccc(C(=N)N)cc4[nH]3)cc2)cc1. The summed E-state index contributed by atoms with van der Waals surface area (Å²) in [5.41, 5.74) is 17.4. The summed E-state index contributed by atoms with van der Waals surface area (Å²) in [6.45, 7) is 0. The van der Waals surface area contributed by atoms with E-state index in [1.165, 1.54) is 0 Å². The van der Waals surface area contributed by atoms with Crippen molar-refractivity contribution in [2.45, 2.75) is 0 Å². The zero-order valence-corrected chi connectivity index (χ0v) is 17.5. The van der Waals surface area contributed by atoms with Crippen LogP contribution in [0.25, 0.3) is 22.2 Å². The number of nitrogens with one attached hydrogen (secondary N) is 4. The molecule has 0 bridgehead atoms. The van der Waals surface area contributed by atoms with Crippen molar-refractivity contribution in [1.82, 2.24) is 4.98 Å². The first-order valence-electron chi connectivity index (χ1n) is 8.79. The van der Waals surface area contributed by atoms with E-state index in [9.17, 15) is 0 Å². The molecule has 4 aromatic rings. The third-order valence-corrected chi connectivity index (χ3v) is 4.61. The number of fused-ring (bicyclic) bond motifs is 1. The van der Waals surface area contributed by atoms with E-state index in [1.54, 1.807) is 0 Å². The molecule has 1 heterocycles. The summed E-state index contributed by atoms with van der Waals surface area (Å²) in [5.74, 6) is 0.120. The van der Waals surface area contributed by atoms with E-state index in [-0.39, 0.29) is 36.5 Å². The smallest absolute Gasteiger partial charge is 0.122 e. The summed E-state index contributed by atoms with van der Waals surface area (Å²) in [6, 6.07) is 23.3. The molecule has 30 heavy (non-hydrogen) atoms. The topological polar surface area (TPSA) is 128 Å². The van der Waals surface area contributed by atoms with Crippen molar-refractivity contribution in [3.63, 3.8) is 0 Å². The Balaban J connectivity index is 0.00000160. The summed E-state index contributed by atoms with van der Waals surface area (Å²) >= 11 is 0. The van der Waals surface area contributed by atoms with Gasteiger partial charge in [0.05, 0.1) is 0 Å².